The Morgan fingerprint density at radius 1 is 0.909 bits per heavy atom. The summed E-state index contributed by atoms with van der Waals surface area (Å²) < 4.78 is 16.3. The molecular formula is C23H31N3O7. The Morgan fingerprint density at radius 2 is 1.48 bits per heavy atom. The smallest absolute Gasteiger partial charge is 0.430 e. The lowest BCUT2D eigenvalue weighted by molar-refractivity contribution is -0.123. The Kier molecular flexibility index (Phi) is 6.58. The fourth-order valence-electron chi connectivity index (χ4n) is 3.67. The minimum Gasteiger partial charge on any atom is -0.444 e. The summed E-state index contributed by atoms with van der Waals surface area (Å²) >= 11 is 0. The molecule has 2 saturated heterocycles. The molecule has 10 nitrogen and oxygen atoms in total. The summed E-state index contributed by atoms with van der Waals surface area (Å²) in [5.74, 6) is -0.395. The van der Waals surface area contributed by atoms with Crippen LogP contribution in [0.1, 0.15) is 47.1 Å². The first kappa shape index (κ1) is 24.3. The van der Waals surface area contributed by atoms with Gasteiger partial charge in [0.25, 0.3) is 0 Å². The van der Waals surface area contributed by atoms with E-state index >= 15 is 0 Å². The molecule has 10 heteroatoms. The van der Waals surface area contributed by atoms with E-state index < -0.39 is 47.3 Å². The summed E-state index contributed by atoms with van der Waals surface area (Å²) in [6.07, 6.45) is -2.38. The topological polar surface area (TPSA) is 106 Å². The van der Waals surface area contributed by atoms with Crippen LogP contribution in [0.5, 0.6) is 0 Å². The van der Waals surface area contributed by atoms with Gasteiger partial charge in [-0.2, -0.15) is 0 Å². The minimum absolute atomic E-state index is 0.0420. The lowest BCUT2D eigenvalue weighted by Gasteiger charge is -2.31. The number of amides is 3. The highest BCUT2D eigenvalue weighted by Gasteiger charge is 2.58. The first-order valence-corrected chi connectivity index (χ1v) is 10.8. The molecule has 2 aliphatic rings. The van der Waals surface area contributed by atoms with Gasteiger partial charge in [-0.25, -0.2) is 24.4 Å². The van der Waals surface area contributed by atoms with Crippen LogP contribution in [-0.2, 0) is 25.6 Å². The molecule has 1 aromatic carbocycles. The number of nitrogens with zero attached hydrogens (tertiary/aromatic N) is 3. The lowest BCUT2D eigenvalue weighted by Crippen LogP contribution is -2.52. The summed E-state index contributed by atoms with van der Waals surface area (Å²) in [5, 5.41) is 2.00. The zero-order valence-corrected chi connectivity index (χ0v) is 19.9. The highest BCUT2D eigenvalue weighted by molar-refractivity contribution is 5.96. The van der Waals surface area contributed by atoms with Gasteiger partial charge in [0.15, 0.2) is 5.78 Å². The van der Waals surface area contributed by atoms with Crippen molar-refractivity contribution in [2.24, 2.45) is 0 Å². The number of hydrogen-bond donors (Lipinski definition) is 0. The first-order chi connectivity index (χ1) is 15.3. The SMILES string of the molecule is CC(C)(C)OC(=O)N1CC(=O)[C@@H]2[C@H]1CN(C(=O)OC(C)(C)C)N2C(=O)OCc1ccccc1. The molecule has 180 valence electrons. The van der Waals surface area contributed by atoms with Crippen LogP contribution in [0.15, 0.2) is 30.3 Å². The van der Waals surface area contributed by atoms with E-state index in [0.29, 0.717) is 0 Å². The largest absolute Gasteiger partial charge is 0.444 e. The molecule has 3 rings (SSSR count). The number of ether oxygens (including phenoxy) is 3. The third-order valence-corrected chi connectivity index (χ3v) is 4.93. The molecule has 0 radical (unpaired) electrons. The van der Waals surface area contributed by atoms with Crippen molar-refractivity contribution in [1.29, 1.82) is 0 Å². The van der Waals surface area contributed by atoms with E-state index in [1.807, 2.05) is 6.07 Å². The molecule has 0 aliphatic carbocycles. The van der Waals surface area contributed by atoms with Crippen LogP contribution in [0.4, 0.5) is 14.4 Å². The molecule has 2 aliphatic heterocycles. The summed E-state index contributed by atoms with van der Waals surface area (Å²) in [6.45, 7) is 9.85. The number of hydrazine groups is 1. The Morgan fingerprint density at radius 3 is 2.06 bits per heavy atom. The van der Waals surface area contributed by atoms with Crippen LogP contribution in [0.25, 0.3) is 0 Å². The monoisotopic (exact) mass is 461 g/mol. The maximum atomic E-state index is 13.1. The van der Waals surface area contributed by atoms with Crippen LogP contribution in [0.3, 0.4) is 0 Å². The van der Waals surface area contributed by atoms with E-state index in [4.69, 9.17) is 14.2 Å². The van der Waals surface area contributed by atoms with E-state index in [2.05, 4.69) is 0 Å². The molecule has 0 N–H and O–H groups in total. The van der Waals surface area contributed by atoms with Gasteiger partial charge in [-0.05, 0) is 47.1 Å². The minimum atomic E-state index is -1.08. The van der Waals surface area contributed by atoms with Crippen LogP contribution in [0, 0.1) is 0 Å². The zero-order chi connectivity index (χ0) is 24.6. The standard InChI is InChI=1S/C23H31N3O7/c1-22(2,3)32-19(28)24-13-17(27)18-16(24)12-25(20(29)33-23(4,5)6)26(18)21(30)31-14-15-10-8-7-9-11-15/h7-11,16,18H,12-14H2,1-6H3/t16-,18+/m1/s1. The van der Waals surface area contributed by atoms with Crippen LogP contribution >= 0.6 is 0 Å². The Labute approximate surface area is 193 Å². The molecule has 2 atom stereocenters. The highest BCUT2D eigenvalue weighted by Crippen LogP contribution is 2.32. The van der Waals surface area contributed by atoms with E-state index in [0.717, 1.165) is 15.6 Å². The quantitative estimate of drug-likeness (QED) is 0.622. The predicted octanol–water partition coefficient (Wildman–Crippen LogP) is 3.35. The van der Waals surface area contributed by atoms with E-state index in [1.165, 1.54) is 4.90 Å². The van der Waals surface area contributed by atoms with Crippen LogP contribution in [0.2, 0.25) is 0 Å². The predicted molar refractivity (Wildman–Crippen MR) is 117 cm³/mol. The number of Topliss-reactive ketones (excluding diaryl/α,β-unsaturated/α-hetero) is 1. The second-order valence-corrected chi connectivity index (χ2v) is 10.0. The third-order valence-electron chi connectivity index (χ3n) is 4.93. The van der Waals surface area contributed by atoms with Crippen LogP contribution in [-0.4, -0.2) is 75.4 Å². The van der Waals surface area contributed by atoms with Gasteiger partial charge in [0.05, 0.1) is 19.1 Å². The van der Waals surface area contributed by atoms with Gasteiger partial charge in [0, 0.05) is 0 Å². The van der Waals surface area contributed by atoms with Gasteiger partial charge < -0.3 is 14.2 Å². The third kappa shape index (κ3) is 5.74. The van der Waals surface area contributed by atoms with Crippen molar-refractivity contribution in [2.45, 2.75) is 71.4 Å². The van der Waals surface area contributed by atoms with Crippen molar-refractivity contribution in [1.82, 2.24) is 14.9 Å². The fraction of sp³-hybridized carbons (Fsp3) is 0.565. The van der Waals surface area contributed by atoms with Crippen molar-refractivity contribution in [2.75, 3.05) is 13.1 Å². The number of fused-ring (bicyclic) bond motifs is 1. The molecule has 33 heavy (non-hydrogen) atoms. The van der Waals surface area contributed by atoms with E-state index in [9.17, 15) is 19.2 Å². The maximum absolute atomic E-state index is 13.1. The van der Waals surface area contributed by atoms with Gasteiger partial charge in [0.1, 0.15) is 23.9 Å². The van der Waals surface area contributed by atoms with Gasteiger partial charge >= 0.3 is 18.3 Å². The number of hydrogen-bond acceptors (Lipinski definition) is 7. The average molecular weight is 462 g/mol. The van der Waals surface area contributed by atoms with Crippen molar-refractivity contribution in [3.8, 4) is 0 Å². The molecule has 0 spiro atoms. The average Bonchev–Trinajstić information content (AvgIpc) is 3.22. The van der Waals surface area contributed by atoms with Crippen molar-refractivity contribution in [3.05, 3.63) is 35.9 Å². The molecule has 2 fully saturated rings. The molecule has 1 aromatic rings. The van der Waals surface area contributed by atoms with Gasteiger partial charge in [-0.15, -0.1) is 0 Å². The second kappa shape index (κ2) is 8.92. The molecule has 0 unspecified atom stereocenters. The van der Waals surface area contributed by atoms with E-state index in [1.54, 1.807) is 65.8 Å². The zero-order valence-electron chi connectivity index (χ0n) is 19.9. The second-order valence-electron chi connectivity index (χ2n) is 10.0. The molecule has 0 saturated carbocycles. The first-order valence-electron chi connectivity index (χ1n) is 10.8. The molecular weight excluding hydrogens is 430 g/mol. The van der Waals surface area contributed by atoms with Gasteiger partial charge in [0.2, 0.25) is 0 Å². The van der Waals surface area contributed by atoms with Gasteiger partial charge in [-0.1, -0.05) is 30.3 Å². The van der Waals surface area contributed by atoms with Gasteiger partial charge in [-0.3, -0.25) is 9.69 Å². The number of benzene rings is 1. The molecule has 0 aromatic heterocycles. The van der Waals surface area contributed by atoms with Crippen molar-refractivity contribution in [3.63, 3.8) is 0 Å². The maximum Gasteiger partial charge on any atom is 0.430 e. The lowest BCUT2D eigenvalue weighted by atomic mass is 10.1. The fourth-order valence-corrected chi connectivity index (χ4v) is 3.67. The summed E-state index contributed by atoms with van der Waals surface area (Å²) in [4.78, 5) is 52.8. The summed E-state index contributed by atoms with van der Waals surface area (Å²) in [7, 11) is 0. The number of ketones is 1. The molecule has 3 amide bonds. The van der Waals surface area contributed by atoms with Crippen molar-refractivity contribution < 1.29 is 33.4 Å². The number of carbonyl (C=O) groups excluding carboxylic acids is 4. The summed E-state index contributed by atoms with van der Waals surface area (Å²) in [5.41, 5.74) is -0.849. The summed E-state index contributed by atoms with van der Waals surface area (Å²) in [6, 6.07) is 7.18. The molecule has 0 bridgehead atoms. The highest BCUT2D eigenvalue weighted by atomic mass is 16.6. The Balaban J connectivity index is 1.85. The molecule has 2 heterocycles. The Hall–Kier alpha value is -3.30. The van der Waals surface area contributed by atoms with E-state index in [-0.39, 0.29) is 19.7 Å². The van der Waals surface area contributed by atoms with Crippen molar-refractivity contribution >= 4 is 24.1 Å². The normalized spacial score (nSPS) is 20.5. The van der Waals surface area contributed by atoms with Crippen LogP contribution < -0.4 is 0 Å². The number of carbonyl (C=O) groups is 4. The Bertz CT molecular complexity index is 920. The number of rotatable bonds is 2. The number of likely N-dealkylation sites (tertiary alicyclic amines) is 1.